The van der Waals surface area contributed by atoms with Crippen LogP contribution in [0.5, 0.6) is 12.0 Å². The molecule has 20 heavy (non-hydrogen) atoms. The predicted octanol–water partition coefficient (Wildman–Crippen LogP) is 0.857. The standard InChI is InChI=1S/C13H23N5O2/c1-4-8-18(9-10-6-5-7-14-10)11-15-12(19-2)17-13(16-11)20-3/h10,14H,4-9H2,1-3H3. The second-order valence-corrected chi connectivity index (χ2v) is 4.85. The topological polar surface area (TPSA) is 72.4 Å². The predicted molar refractivity (Wildman–Crippen MR) is 76.5 cm³/mol. The van der Waals surface area contributed by atoms with Crippen molar-refractivity contribution in [3.8, 4) is 12.0 Å². The van der Waals surface area contributed by atoms with Gasteiger partial charge in [-0.3, -0.25) is 0 Å². The van der Waals surface area contributed by atoms with Crippen molar-refractivity contribution in [2.45, 2.75) is 32.2 Å². The fourth-order valence-electron chi connectivity index (χ4n) is 2.37. The van der Waals surface area contributed by atoms with Gasteiger partial charge in [-0.05, 0) is 25.8 Å². The lowest BCUT2D eigenvalue weighted by Gasteiger charge is -2.25. The fraction of sp³-hybridized carbons (Fsp3) is 0.769. The molecule has 1 saturated heterocycles. The summed E-state index contributed by atoms with van der Waals surface area (Å²) in [5.74, 6) is 0.615. The van der Waals surface area contributed by atoms with E-state index < -0.39 is 0 Å². The molecule has 0 radical (unpaired) electrons. The lowest BCUT2D eigenvalue weighted by atomic mass is 10.2. The molecule has 1 aromatic rings. The molecule has 1 fully saturated rings. The molecule has 7 heteroatoms. The zero-order valence-electron chi connectivity index (χ0n) is 12.4. The van der Waals surface area contributed by atoms with Crippen molar-refractivity contribution in [1.29, 1.82) is 0 Å². The number of methoxy groups -OCH3 is 2. The smallest absolute Gasteiger partial charge is 0.324 e. The largest absolute Gasteiger partial charge is 0.467 e. The first kappa shape index (κ1) is 14.8. The van der Waals surface area contributed by atoms with Crippen LogP contribution in [0.4, 0.5) is 5.95 Å². The van der Waals surface area contributed by atoms with Gasteiger partial charge in [-0.25, -0.2) is 0 Å². The molecule has 1 aromatic heterocycles. The van der Waals surface area contributed by atoms with E-state index in [0.717, 1.165) is 26.1 Å². The molecule has 1 aliphatic rings. The molecule has 0 bridgehead atoms. The zero-order chi connectivity index (χ0) is 14.4. The van der Waals surface area contributed by atoms with Crippen LogP contribution < -0.4 is 19.7 Å². The maximum absolute atomic E-state index is 5.11. The number of rotatable bonds is 7. The van der Waals surface area contributed by atoms with E-state index in [-0.39, 0.29) is 12.0 Å². The molecule has 1 aliphatic heterocycles. The molecule has 0 amide bonds. The number of aromatic nitrogens is 3. The second-order valence-electron chi connectivity index (χ2n) is 4.85. The highest BCUT2D eigenvalue weighted by atomic mass is 16.5. The highest BCUT2D eigenvalue weighted by Crippen LogP contribution is 2.18. The third-order valence-corrected chi connectivity index (χ3v) is 3.33. The van der Waals surface area contributed by atoms with Crippen LogP contribution in [0.2, 0.25) is 0 Å². The summed E-state index contributed by atoms with van der Waals surface area (Å²) in [4.78, 5) is 14.9. The first-order valence-electron chi connectivity index (χ1n) is 7.09. The maximum Gasteiger partial charge on any atom is 0.324 e. The minimum atomic E-state index is 0.285. The van der Waals surface area contributed by atoms with Gasteiger partial charge in [-0.15, -0.1) is 4.98 Å². The Morgan fingerprint density at radius 1 is 1.20 bits per heavy atom. The Morgan fingerprint density at radius 3 is 2.40 bits per heavy atom. The van der Waals surface area contributed by atoms with Crippen molar-refractivity contribution in [3.63, 3.8) is 0 Å². The van der Waals surface area contributed by atoms with Gasteiger partial charge in [-0.2, -0.15) is 9.97 Å². The summed E-state index contributed by atoms with van der Waals surface area (Å²) in [5.41, 5.74) is 0. The summed E-state index contributed by atoms with van der Waals surface area (Å²) in [6.07, 6.45) is 3.46. The van der Waals surface area contributed by atoms with Crippen LogP contribution in [0.3, 0.4) is 0 Å². The van der Waals surface area contributed by atoms with Crippen LogP contribution in [0.25, 0.3) is 0 Å². The Kier molecular flexibility index (Phi) is 5.34. The summed E-state index contributed by atoms with van der Waals surface area (Å²) in [6.45, 7) is 5.03. The van der Waals surface area contributed by atoms with E-state index in [4.69, 9.17) is 9.47 Å². The average molecular weight is 281 g/mol. The average Bonchev–Trinajstić information content (AvgIpc) is 2.99. The maximum atomic E-state index is 5.11. The number of anilines is 1. The number of hydrogen-bond acceptors (Lipinski definition) is 7. The van der Waals surface area contributed by atoms with E-state index in [1.165, 1.54) is 12.8 Å². The molecule has 0 spiro atoms. The summed E-state index contributed by atoms with van der Waals surface area (Å²) in [5, 5.41) is 3.50. The zero-order valence-corrected chi connectivity index (χ0v) is 12.4. The molecule has 112 valence electrons. The molecular formula is C13H23N5O2. The number of ether oxygens (including phenoxy) is 2. The Labute approximate surface area is 119 Å². The lowest BCUT2D eigenvalue weighted by Crippen LogP contribution is -2.39. The molecule has 0 saturated carbocycles. The van der Waals surface area contributed by atoms with Crippen molar-refractivity contribution in [1.82, 2.24) is 20.3 Å². The third-order valence-electron chi connectivity index (χ3n) is 3.33. The molecule has 0 aliphatic carbocycles. The van der Waals surface area contributed by atoms with Gasteiger partial charge in [0.05, 0.1) is 14.2 Å². The van der Waals surface area contributed by atoms with Crippen molar-refractivity contribution < 1.29 is 9.47 Å². The molecular weight excluding hydrogens is 258 g/mol. The third kappa shape index (κ3) is 3.69. The molecule has 2 heterocycles. The number of nitrogens with one attached hydrogen (secondary N) is 1. The Balaban J connectivity index is 2.17. The first-order chi connectivity index (χ1) is 9.76. The van der Waals surface area contributed by atoms with Crippen molar-refractivity contribution in [2.24, 2.45) is 0 Å². The minimum Gasteiger partial charge on any atom is -0.467 e. The highest BCUT2D eigenvalue weighted by Gasteiger charge is 2.20. The van der Waals surface area contributed by atoms with Crippen LogP contribution in [0.15, 0.2) is 0 Å². The summed E-state index contributed by atoms with van der Waals surface area (Å²) in [6, 6.07) is 1.06. The van der Waals surface area contributed by atoms with E-state index in [9.17, 15) is 0 Å². The van der Waals surface area contributed by atoms with Gasteiger partial charge in [0.2, 0.25) is 5.95 Å². The molecule has 1 unspecified atom stereocenters. The van der Waals surface area contributed by atoms with E-state index in [1.54, 1.807) is 14.2 Å². The Bertz CT molecular complexity index is 401. The first-order valence-corrected chi connectivity index (χ1v) is 7.09. The molecule has 1 N–H and O–H groups in total. The molecule has 2 rings (SSSR count). The van der Waals surface area contributed by atoms with Gasteiger partial charge < -0.3 is 19.7 Å². The normalized spacial score (nSPS) is 18.1. The summed E-state index contributed by atoms with van der Waals surface area (Å²) >= 11 is 0. The monoisotopic (exact) mass is 281 g/mol. The van der Waals surface area contributed by atoms with Gasteiger partial charge in [-0.1, -0.05) is 6.92 Å². The van der Waals surface area contributed by atoms with Gasteiger partial charge in [0.25, 0.3) is 0 Å². The van der Waals surface area contributed by atoms with Gasteiger partial charge >= 0.3 is 12.0 Å². The summed E-state index contributed by atoms with van der Waals surface area (Å²) < 4.78 is 10.2. The van der Waals surface area contributed by atoms with Gasteiger partial charge in [0.1, 0.15) is 0 Å². The van der Waals surface area contributed by atoms with E-state index in [0.29, 0.717) is 12.0 Å². The van der Waals surface area contributed by atoms with Crippen LogP contribution in [0.1, 0.15) is 26.2 Å². The minimum absolute atomic E-state index is 0.285. The van der Waals surface area contributed by atoms with E-state index in [2.05, 4.69) is 32.1 Å². The van der Waals surface area contributed by atoms with Gasteiger partial charge in [0, 0.05) is 19.1 Å². The lowest BCUT2D eigenvalue weighted by molar-refractivity contribution is 0.339. The van der Waals surface area contributed by atoms with Crippen LogP contribution >= 0.6 is 0 Å². The van der Waals surface area contributed by atoms with Crippen molar-refractivity contribution >= 4 is 5.95 Å². The molecule has 7 nitrogen and oxygen atoms in total. The Hall–Kier alpha value is -1.63. The highest BCUT2D eigenvalue weighted by molar-refractivity contribution is 5.32. The van der Waals surface area contributed by atoms with E-state index >= 15 is 0 Å². The molecule has 1 atom stereocenters. The van der Waals surface area contributed by atoms with Crippen molar-refractivity contribution in [3.05, 3.63) is 0 Å². The Morgan fingerprint density at radius 2 is 1.90 bits per heavy atom. The van der Waals surface area contributed by atoms with Crippen LogP contribution in [0, 0.1) is 0 Å². The molecule has 0 aromatic carbocycles. The van der Waals surface area contributed by atoms with Crippen LogP contribution in [-0.2, 0) is 0 Å². The van der Waals surface area contributed by atoms with Crippen LogP contribution in [-0.4, -0.2) is 54.8 Å². The van der Waals surface area contributed by atoms with Gasteiger partial charge in [0.15, 0.2) is 0 Å². The summed E-state index contributed by atoms with van der Waals surface area (Å²) in [7, 11) is 3.09. The second kappa shape index (κ2) is 7.23. The number of hydrogen-bond donors (Lipinski definition) is 1. The van der Waals surface area contributed by atoms with E-state index in [1.807, 2.05) is 0 Å². The number of nitrogens with zero attached hydrogens (tertiary/aromatic N) is 4. The SMILES string of the molecule is CCCN(CC1CCCN1)c1nc(OC)nc(OC)n1. The fourth-order valence-corrected chi connectivity index (χ4v) is 2.37. The van der Waals surface area contributed by atoms with Crippen molar-refractivity contribution in [2.75, 3.05) is 38.8 Å². The quantitative estimate of drug-likeness (QED) is 0.794.